The molecule has 148 valence electrons. The Morgan fingerprint density at radius 3 is 2.83 bits per heavy atom. The summed E-state index contributed by atoms with van der Waals surface area (Å²) in [6.45, 7) is 4.07. The highest BCUT2D eigenvalue weighted by Crippen LogP contribution is 2.20. The first-order valence-corrected chi connectivity index (χ1v) is 9.03. The van der Waals surface area contributed by atoms with Crippen LogP contribution in [0.15, 0.2) is 30.6 Å². The summed E-state index contributed by atoms with van der Waals surface area (Å²) in [7, 11) is 0. The van der Waals surface area contributed by atoms with Crippen molar-refractivity contribution in [1.29, 1.82) is 5.26 Å². The number of nitrogens with one attached hydrogen (secondary N) is 2. The number of nitrogens with two attached hydrogens (primary N) is 1. The van der Waals surface area contributed by atoms with Gasteiger partial charge in [0.1, 0.15) is 35.4 Å². The highest BCUT2D eigenvalue weighted by Gasteiger charge is 2.16. The second-order valence-electron chi connectivity index (χ2n) is 6.72. The first kappa shape index (κ1) is 19.9. The molecule has 0 atom stereocenters. The van der Waals surface area contributed by atoms with Gasteiger partial charge < -0.3 is 16.4 Å². The molecule has 1 amide bonds. The molecule has 2 heterocycles. The van der Waals surface area contributed by atoms with Crippen LogP contribution in [0.3, 0.4) is 0 Å². The molecular weight excluding hydrogens is 373 g/mol. The average molecular weight is 393 g/mol. The number of halogens is 1. The fourth-order valence-electron chi connectivity index (χ4n) is 2.86. The van der Waals surface area contributed by atoms with Crippen LogP contribution in [0.5, 0.6) is 0 Å². The summed E-state index contributed by atoms with van der Waals surface area (Å²) in [5.41, 5.74) is 7.37. The van der Waals surface area contributed by atoms with E-state index in [9.17, 15) is 14.4 Å². The maximum absolute atomic E-state index is 13.6. The highest BCUT2D eigenvalue weighted by molar-refractivity contribution is 5.98. The zero-order chi connectivity index (χ0) is 21.0. The Morgan fingerprint density at radius 1 is 1.31 bits per heavy atom. The lowest BCUT2D eigenvalue weighted by Gasteiger charge is -2.14. The number of nitrogen functional groups attached to an aromatic ring is 1. The van der Waals surface area contributed by atoms with E-state index in [2.05, 4.69) is 25.6 Å². The third-order valence-corrected chi connectivity index (χ3v) is 4.16. The van der Waals surface area contributed by atoms with Gasteiger partial charge in [-0.2, -0.15) is 5.26 Å². The number of nitrogens with zero attached hydrogens (tertiary/aromatic N) is 4. The molecule has 0 radical (unpaired) electrons. The summed E-state index contributed by atoms with van der Waals surface area (Å²) in [5, 5.41) is 15.6. The zero-order valence-electron chi connectivity index (χ0n) is 16.0. The number of hydrogen-bond donors (Lipinski definition) is 3. The van der Waals surface area contributed by atoms with Crippen molar-refractivity contribution >= 4 is 28.4 Å². The number of fused-ring (bicyclic) bond motifs is 1. The van der Waals surface area contributed by atoms with Gasteiger partial charge in [-0.15, -0.1) is 0 Å². The summed E-state index contributed by atoms with van der Waals surface area (Å²) in [6, 6.07) is 7.80. The molecule has 3 rings (SSSR count). The minimum Gasteiger partial charge on any atom is -0.382 e. The monoisotopic (exact) mass is 393 g/mol. The fourth-order valence-corrected chi connectivity index (χ4v) is 2.86. The smallest absolute Gasteiger partial charge is 0.253 e. The van der Waals surface area contributed by atoms with Crippen LogP contribution in [0.1, 0.15) is 35.5 Å². The number of pyridine rings is 1. The molecule has 0 aliphatic carbocycles. The van der Waals surface area contributed by atoms with Crippen LogP contribution in [-0.4, -0.2) is 33.4 Å². The Bertz CT molecular complexity index is 1110. The predicted octanol–water partition coefficient (Wildman–Crippen LogP) is 2.41. The predicted molar refractivity (Wildman–Crippen MR) is 108 cm³/mol. The van der Waals surface area contributed by atoms with E-state index in [1.54, 1.807) is 12.1 Å². The van der Waals surface area contributed by atoms with Crippen molar-refractivity contribution in [3.05, 3.63) is 53.2 Å². The molecule has 0 spiro atoms. The van der Waals surface area contributed by atoms with Gasteiger partial charge in [-0.1, -0.05) is 0 Å². The van der Waals surface area contributed by atoms with Crippen LogP contribution < -0.4 is 16.4 Å². The molecule has 1 aromatic carbocycles. The Labute approximate surface area is 167 Å². The van der Waals surface area contributed by atoms with Crippen LogP contribution in [0, 0.1) is 17.1 Å². The fraction of sp³-hybridized carbons (Fsp3) is 0.250. The van der Waals surface area contributed by atoms with Crippen LogP contribution in [0.2, 0.25) is 0 Å². The maximum atomic E-state index is 13.6. The molecule has 8 nitrogen and oxygen atoms in total. The summed E-state index contributed by atoms with van der Waals surface area (Å²) in [5.74, 6) is -0.268. The summed E-state index contributed by atoms with van der Waals surface area (Å²) < 4.78 is 13.6. The molecule has 29 heavy (non-hydrogen) atoms. The minimum absolute atomic E-state index is 0.0566. The average Bonchev–Trinajstić information content (AvgIpc) is 2.67. The molecule has 0 saturated heterocycles. The third-order valence-electron chi connectivity index (χ3n) is 4.16. The number of amides is 1. The van der Waals surface area contributed by atoms with E-state index in [4.69, 9.17) is 5.73 Å². The van der Waals surface area contributed by atoms with Crippen molar-refractivity contribution in [1.82, 2.24) is 20.3 Å². The van der Waals surface area contributed by atoms with Gasteiger partial charge in [-0.05, 0) is 38.1 Å². The van der Waals surface area contributed by atoms with Crippen molar-refractivity contribution in [2.24, 2.45) is 0 Å². The van der Waals surface area contributed by atoms with E-state index in [0.717, 1.165) is 0 Å². The van der Waals surface area contributed by atoms with Crippen molar-refractivity contribution in [2.75, 3.05) is 17.6 Å². The van der Waals surface area contributed by atoms with E-state index in [-0.39, 0.29) is 23.3 Å². The van der Waals surface area contributed by atoms with Crippen molar-refractivity contribution in [2.45, 2.75) is 26.3 Å². The molecule has 9 heteroatoms. The summed E-state index contributed by atoms with van der Waals surface area (Å²) in [6.07, 6.45) is 1.64. The Morgan fingerprint density at radius 2 is 2.10 bits per heavy atom. The SMILES string of the molecule is CC(C)NC(=O)c1cc2cc(F)ccc2nc1CCNc1ncnc(N)c1C#N. The number of benzene rings is 1. The van der Waals surface area contributed by atoms with Crippen LogP contribution in [0.4, 0.5) is 16.0 Å². The topological polar surface area (TPSA) is 130 Å². The maximum Gasteiger partial charge on any atom is 0.253 e. The largest absolute Gasteiger partial charge is 0.382 e. The van der Waals surface area contributed by atoms with E-state index in [1.165, 1.54) is 18.5 Å². The molecule has 0 saturated carbocycles. The molecule has 0 fully saturated rings. The Kier molecular flexibility index (Phi) is 5.83. The van der Waals surface area contributed by atoms with Gasteiger partial charge in [0.25, 0.3) is 5.91 Å². The number of aromatic nitrogens is 3. The first-order chi connectivity index (χ1) is 13.9. The molecule has 0 unspecified atom stereocenters. The van der Waals surface area contributed by atoms with E-state index in [0.29, 0.717) is 40.9 Å². The molecule has 4 N–H and O–H groups in total. The van der Waals surface area contributed by atoms with Crippen LogP contribution in [0.25, 0.3) is 10.9 Å². The number of anilines is 2. The van der Waals surface area contributed by atoms with Gasteiger partial charge in [-0.3, -0.25) is 9.78 Å². The number of rotatable bonds is 6. The lowest BCUT2D eigenvalue weighted by molar-refractivity contribution is 0.0942. The van der Waals surface area contributed by atoms with Gasteiger partial charge in [0, 0.05) is 24.4 Å². The van der Waals surface area contributed by atoms with E-state index >= 15 is 0 Å². The van der Waals surface area contributed by atoms with Gasteiger partial charge >= 0.3 is 0 Å². The van der Waals surface area contributed by atoms with Gasteiger partial charge in [0.05, 0.1) is 16.8 Å². The Balaban J connectivity index is 1.89. The molecule has 0 aliphatic heterocycles. The lowest BCUT2D eigenvalue weighted by Crippen LogP contribution is -2.31. The minimum atomic E-state index is -0.394. The summed E-state index contributed by atoms with van der Waals surface area (Å²) in [4.78, 5) is 25.0. The van der Waals surface area contributed by atoms with Gasteiger partial charge in [0.2, 0.25) is 0 Å². The van der Waals surface area contributed by atoms with Crippen molar-refractivity contribution in [3.8, 4) is 6.07 Å². The normalized spacial score (nSPS) is 10.7. The van der Waals surface area contributed by atoms with Gasteiger partial charge in [-0.25, -0.2) is 14.4 Å². The molecule has 3 aromatic rings. The van der Waals surface area contributed by atoms with E-state index in [1.807, 2.05) is 19.9 Å². The standard InChI is InChI=1S/C20H20FN7O/c1-11(2)27-20(29)14-8-12-7-13(21)3-4-16(12)28-17(14)5-6-24-19-15(9-22)18(23)25-10-26-19/h3-4,7-8,10-11H,5-6H2,1-2H3,(H,27,29)(H3,23,24,25,26). The Hall–Kier alpha value is -3.80. The van der Waals surface area contributed by atoms with Gasteiger partial charge in [0.15, 0.2) is 0 Å². The second kappa shape index (κ2) is 8.48. The van der Waals surface area contributed by atoms with Crippen molar-refractivity contribution < 1.29 is 9.18 Å². The molecule has 0 aliphatic rings. The molecular formula is C20H20FN7O. The number of hydrogen-bond acceptors (Lipinski definition) is 7. The number of carbonyl (C=O) groups excluding carboxylic acids is 1. The highest BCUT2D eigenvalue weighted by atomic mass is 19.1. The van der Waals surface area contributed by atoms with E-state index < -0.39 is 5.82 Å². The first-order valence-electron chi connectivity index (χ1n) is 9.03. The lowest BCUT2D eigenvalue weighted by atomic mass is 10.1. The van der Waals surface area contributed by atoms with Crippen LogP contribution in [-0.2, 0) is 6.42 Å². The molecule has 2 aromatic heterocycles. The summed E-state index contributed by atoms with van der Waals surface area (Å²) >= 11 is 0. The third kappa shape index (κ3) is 4.55. The quantitative estimate of drug-likeness (QED) is 0.586. The number of carbonyl (C=O) groups is 1. The van der Waals surface area contributed by atoms with Crippen molar-refractivity contribution in [3.63, 3.8) is 0 Å². The number of nitriles is 1. The molecule has 0 bridgehead atoms. The van der Waals surface area contributed by atoms with Crippen LogP contribution >= 0.6 is 0 Å². The second-order valence-corrected chi connectivity index (χ2v) is 6.72. The zero-order valence-corrected chi connectivity index (χ0v) is 16.0.